The molecule has 0 radical (unpaired) electrons. The van der Waals surface area contributed by atoms with Crippen LogP contribution in [-0.4, -0.2) is 44.5 Å². The van der Waals surface area contributed by atoms with Crippen molar-refractivity contribution in [2.24, 2.45) is 5.92 Å². The maximum atomic E-state index is 12.0. The van der Waals surface area contributed by atoms with Gasteiger partial charge in [-0.2, -0.15) is 0 Å². The Morgan fingerprint density at radius 2 is 1.74 bits per heavy atom. The highest BCUT2D eigenvalue weighted by Crippen LogP contribution is 2.22. The summed E-state index contributed by atoms with van der Waals surface area (Å²) in [6.45, 7) is 3.09. The van der Waals surface area contributed by atoms with Crippen LogP contribution in [0, 0.1) is 5.92 Å². The van der Waals surface area contributed by atoms with Gasteiger partial charge in [0.25, 0.3) is 0 Å². The van der Waals surface area contributed by atoms with Crippen LogP contribution in [0.15, 0.2) is 0 Å². The van der Waals surface area contributed by atoms with Crippen LogP contribution < -0.4 is 10.6 Å². The zero-order chi connectivity index (χ0) is 13.9. The zero-order valence-electron chi connectivity index (χ0n) is 11.5. The summed E-state index contributed by atoms with van der Waals surface area (Å²) in [5.74, 6) is -0.187. The second kappa shape index (κ2) is 6.22. The number of nitrogens with one attached hydrogen (secondary N) is 2. The Hall–Kier alpha value is -0.620. The molecule has 1 amide bonds. The molecule has 0 aromatic rings. The normalized spacial score (nSPS) is 34.1. The Bertz CT molecular complexity index is 414. The molecule has 5 nitrogen and oxygen atoms in total. The van der Waals surface area contributed by atoms with Gasteiger partial charge in [-0.05, 0) is 38.6 Å². The van der Waals surface area contributed by atoms with Gasteiger partial charge in [-0.1, -0.05) is 6.92 Å². The highest BCUT2D eigenvalue weighted by Gasteiger charge is 2.34. The molecule has 2 fully saturated rings. The molecule has 1 aliphatic heterocycles. The van der Waals surface area contributed by atoms with Crippen LogP contribution in [-0.2, 0) is 14.6 Å². The lowest BCUT2D eigenvalue weighted by Gasteiger charge is -2.30. The minimum absolute atomic E-state index is 0.0333. The Morgan fingerprint density at radius 1 is 1.11 bits per heavy atom. The van der Waals surface area contributed by atoms with Gasteiger partial charge in [0.05, 0.1) is 17.4 Å². The third-order valence-corrected chi connectivity index (χ3v) is 5.94. The van der Waals surface area contributed by atoms with Crippen LogP contribution in [0.5, 0.6) is 0 Å². The summed E-state index contributed by atoms with van der Waals surface area (Å²) in [5.41, 5.74) is 0. The number of hydrogen-bond acceptors (Lipinski definition) is 4. The fourth-order valence-corrected chi connectivity index (χ4v) is 4.79. The molecule has 1 aliphatic carbocycles. The van der Waals surface area contributed by atoms with Crippen molar-refractivity contribution in [2.75, 3.05) is 18.1 Å². The molecule has 1 heterocycles. The first-order chi connectivity index (χ1) is 9.00. The highest BCUT2D eigenvalue weighted by atomic mass is 32.2. The molecule has 2 aliphatic rings. The molecule has 1 saturated carbocycles. The molecule has 2 N–H and O–H groups in total. The topological polar surface area (TPSA) is 75.3 Å². The highest BCUT2D eigenvalue weighted by molar-refractivity contribution is 7.91. The molecule has 2 rings (SSSR count). The van der Waals surface area contributed by atoms with E-state index in [9.17, 15) is 13.2 Å². The maximum Gasteiger partial charge on any atom is 0.224 e. The Labute approximate surface area is 115 Å². The number of sulfone groups is 1. The van der Waals surface area contributed by atoms with Crippen molar-refractivity contribution in [3.63, 3.8) is 0 Å². The molecule has 1 atom stereocenters. The molecule has 0 aromatic heterocycles. The fourth-order valence-electron chi connectivity index (χ4n) is 3.05. The third kappa shape index (κ3) is 4.18. The zero-order valence-corrected chi connectivity index (χ0v) is 12.3. The van der Waals surface area contributed by atoms with Crippen molar-refractivity contribution in [1.82, 2.24) is 10.6 Å². The van der Waals surface area contributed by atoms with E-state index in [1.165, 1.54) is 0 Å². The average molecular weight is 288 g/mol. The molecule has 0 bridgehead atoms. The van der Waals surface area contributed by atoms with E-state index in [1.54, 1.807) is 0 Å². The first-order valence-electron chi connectivity index (χ1n) is 7.24. The summed E-state index contributed by atoms with van der Waals surface area (Å²) >= 11 is 0. The van der Waals surface area contributed by atoms with Gasteiger partial charge >= 0.3 is 0 Å². The van der Waals surface area contributed by atoms with Gasteiger partial charge in [0.1, 0.15) is 0 Å². The van der Waals surface area contributed by atoms with Gasteiger partial charge in [0.2, 0.25) is 5.91 Å². The van der Waals surface area contributed by atoms with Crippen molar-refractivity contribution in [1.29, 1.82) is 0 Å². The van der Waals surface area contributed by atoms with Gasteiger partial charge in [0, 0.05) is 12.1 Å². The van der Waals surface area contributed by atoms with E-state index in [2.05, 4.69) is 17.6 Å². The van der Waals surface area contributed by atoms with Gasteiger partial charge in [-0.15, -0.1) is 0 Å². The van der Waals surface area contributed by atoms with Crippen LogP contribution in [0.3, 0.4) is 0 Å². The summed E-state index contributed by atoms with van der Waals surface area (Å²) in [6, 6.07) is 0.802. The number of amides is 1. The molecule has 1 saturated heterocycles. The first kappa shape index (κ1) is 14.8. The monoisotopic (exact) mass is 288 g/mol. The lowest BCUT2D eigenvalue weighted by Crippen LogP contribution is -2.44. The first-order valence-corrected chi connectivity index (χ1v) is 9.06. The van der Waals surface area contributed by atoms with Crippen molar-refractivity contribution in [2.45, 2.75) is 51.1 Å². The molecular formula is C13H24N2O3S. The molecule has 1 unspecified atom stereocenters. The number of rotatable bonds is 4. The van der Waals surface area contributed by atoms with E-state index in [1.807, 2.05) is 0 Å². The second-order valence-corrected chi connectivity index (χ2v) is 7.94. The SMILES string of the molecule is CCNC1CCC(NC(=O)C2CCS(=O)(=O)C2)CC1. The van der Waals surface area contributed by atoms with E-state index in [-0.39, 0.29) is 29.4 Å². The van der Waals surface area contributed by atoms with Crippen molar-refractivity contribution in [3.05, 3.63) is 0 Å². The standard InChI is InChI=1S/C13H24N2O3S/c1-2-14-11-3-5-12(6-4-11)15-13(16)10-7-8-19(17,18)9-10/h10-12,14H,2-9H2,1H3,(H,15,16). The predicted octanol–water partition coefficient (Wildman–Crippen LogP) is 0.458. The van der Waals surface area contributed by atoms with Gasteiger partial charge < -0.3 is 10.6 Å². The maximum absolute atomic E-state index is 12.0. The summed E-state index contributed by atoms with van der Waals surface area (Å²) in [7, 11) is -2.97. The minimum Gasteiger partial charge on any atom is -0.353 e. The minimum atomic E-state index is -2.97. The lowest BCUT2D eigenvalue weighted by molar-refractivity contribution is -0.125. The van der Waals surface area contributed by atoms with Gasteiger partial charge in [0.15, 0.2) is 9.84 Å². The number of carbonyl (C=O) groups is 1. The summed E-state index contributed by atoms with van der Waals surface area (Å²) in [4.78, 5) is 12.0. The van der Waals surface area contributed by atoms with E-state index >= 15 is 0 Å². The smallest absolute Gasteiger partial charge is 0.224 e. The summed E-state index contributed by atoms with van der Waals surface area (Å²) in [5, 5.41) is 6.46. The van der Waals surface area contributed by atoms with Crippen molar-refractivity contribution in [3.8, 4) is 0 Å². The fraction of sp³-hybridized carbons (Fsp3) is 0.923. The molecule has 19 heavy (non-hydrogen) atoms. The van der Waals surface area contributed by atoms with E-state index in [0.717, 1.165) is 32.2 Å². The van der Waals surface area contributed by atoms with Crippen LogP contribution >= 0.6 is 0 Å². The van der Waals surface area contributed by atoms with Crippen molar-refractivity contribution >= 4 is 15.7 Å². The molecule has 0 aromatic carbocycles. The number of carbonyl (C=O) groups excluding carboxylic acids is 1. The van der Waals surface area contributed by atoms with Crippen molar-refractivity contribution < 1.29 is 13.2 Å². The largest absolute Gasteiger partial charge is 0.353 e. The summed E-state index contributed by atoms with van der Waals surface area (Å²) in [6.07, 6.45) is 4.64. The lowest BCUT2D eigenvalue weighted by atomic mass is 9.90. The Morgan fingerprint density at radius 3 is 2.26 bits per heavy atom. The van der Waals surface area contributed by atoms with Crippen LogP contribution in [0.25, 0.3) is 0 Å². The summed E-state index contributed by atoms with van der Waals surface area (Å²) < 4.78 is 22.7. The predicted molar refractivity (Wildman–Crippen MR) is 74.6 cm³/mol. The molecule has 110 valence electrons. The van der Waals surface area contributed by atoms with Crippen LogP contribution in [0.4, 0.5) is 0 Å². The third-order valence-electron chi connectivity index (χ3n) is 4.17. The number of hydrogen-bond donors (Lipinski definition) is 2. The van der Waals surface area contributed by atoms with E-state index in [0.29, 0.717) is 12.5 Å². The Kier molecular flexibility index (Phi) is 4.84. The Balaban J connectivity index is 1.75. The molecule has 6 heteroatoms. The molecular weight excluding hydrogens is 264 g/mol. The average Bonchev–Trinajstić information content (AvgIpc) is 2.73. The van der Waals surface area contributed by atoms with E-state index in [4.69, 9.17) is 0 Å². The quantitative estimate of drug-likeness (QED) is 0.788. The van der Waals surface area contributed by atoms with Gasteiger partial charge in [-0.25, -0.2) is 8.42 Å². The van der Waals surface area contributed by atoms with E-state index < -0.39 is 9.84 Å². The van der Waals surface area contributed by atoms with Crippen LogP contribution in [0.1, 0.15) is 39.0 Å². The molecule has 0 spiro atoms. The second-order valence-electron chi connectivity index (χ2n) is 5.71. The van der Waals surface area contributed by atoms with Crippen LogP contribution in [0.2, 0.25) is 0 Å². The van der Waals surface area contributed by atoms with Gasteiger partial charge in [-0.3, -0.25) is 4.79 Å².